The van der Waals surface area contributed by atoms with Crippen LogP contribution in [0.15, 0.2) is 40.8 Å². The molecule has 0 aliphatic heterocycles. The van der Waals surface area contributed by atoms with Crippen LogP contribution in [0.25, 0.3) is 21.0 Å². The highest BCUT2D eigenvalue weighted by atomic mass is 32.1. The topological polar surface area (TPSA) is 75.4 Å². The third kappa shape index (κ3) is 2.56. The van der Waals surface area contributed by atoms with Gasteiger partial charge >= 0.3 is 0 Å². The molecule has 2 N–H and O–H groups in total. The fourth-order valence-corrected chi connectivity index (χ4v) is 2.73. The monoisotopic (exact) mass is 288 g/mol. The lowest BCUT2D eigenvalue weighted by Gasteiger charge is -1.99. The lowest BCUT2D eigenvalue weighted by atomic mass is 10.3. The van der Waals surface area contributed by atoms with E-state index < -0.39 is 12.5 Å². The number of carbonyl (C=O) groups excluding carboxylic acids is 1. The first-order valence-corrected chi connectivity index (χ1v) is 6.90. The number of furan rings is 1. The number of amides is 1. The average Bonchev–Trinajstić information content (AvgIpc) is 3.10. The molecule has 2 aromatic heterocycles. The molecule has 2 heterocycles. The van der Waals surface area contributed by atoms with Gasteiger partial charge in [0.2, 0.25) is 5.91 Å². The Kier molecular flexibility index (Phi) is 3.49. The van der Waals surface area contributed by atoms with Gasteiger partial charge in [-0.3, -0.25) is 4.79 Å². The lowest BCUT2D eigenvalue weighted by molar-refractivity contribution is -0.124. The maximum Gasteiger partial charge on any atom is 0.246 e. The molecule has 0 radical (unpaired) electrons. The number of nitrogens with zero attached hydrogens (tertiary/aromatic N) is 1. The van der Waals surface area contributed by atoms with Crippen molar-refractivity contribution in [1.82, 2.24) is 10.3 Å². The van der Waals surface area contributed by atoms with E-state index in [1.54, 1.807) is 17.4 Å². The van der Waals surface area contributed by atoms with Gasteiger partial charge < -0.3 is 14.8 Å². The summed E-state index contributed by atoms with van der Waals surface area (Å²) in [5, 5.41) is 12.0. The van der Waals surface area contributed by atoms with Crippen molar-refractivity contribution < 1.29 is 14.3 Å². The van der Waals surface area contributed by atoms with E-state index in [4.69, 9.17) is 9.52 Å². The van der Waals surface area contributed by atoms with Gasteiger partial charge in [-0.25, -0.2) is 4.98 Å². The molecule has 0 bridgehead atoms. The van der Waals surface area contributed by atoms with Crippen molar-refractivity contribution in [1.29, 1.82) is 0 Å². The highest BCUT2D eigenvalue weighted by Crippen LogP contribution is 2.30. The molecule has 1 aromatic carbocycles. The fourth-order valence-electron chi connectivity index (χ4n) is 1.81. The van der Waals surface area contributed by atoms with Gasteiger partial charge in [0.1, 0.15) is 12.4 Å². The lowest BCUT2D eigenvalue weighted by Crippen LogP contribution is -2.25. The number of thiazole rings is 1. The van der Waals surface area contributed by atoms with E-state index in [0.29, 0.717) is 11.5 Å². The summed E-state index contributed by atoms with van der Waals surface area (Å²) in [5.74, 6) is 0.878. The SMILES string of the molecule is O=C(CO)NCc1ccc(-c2nc3ccccc3s2)o1. The average molecular weight is 288 g/mol. The molecule has 0 atom stereocenters. The van der Waals surface area contributed by atoms with Gasteiger partial charge in [0.15, 0.2) is 10.8 Å². The van der Waals surface area contributed by atoms with Crippen LogP contribution < -0.4 is 5.32 Å². The summed E-state index contributed by atoms with van der Waals surface area (Å²) in [6.07, 6.45) is 0. The smallest absolute Gasteiger partial charge is 0.246 e. The summed E-state index contributed by atoms with van der Waals surface area (Å²) in [6.45, 7) is -0.268. The Labute approximate surface area is 118 Å². The van der Waals surface area contributed by atoms with E-state index >= 15 is 0 Å². The minimum Gasteiger partial charge on any atom is -0.457 e. The minimum absolute atomic E-state index is 0.254. The van der Waals surface area contributed by atoms with Crippen LogP contribution in [0.2, 0.25) is 0 Å². The predicted molar refractivity (Wildman–Crippen MR) is 76.3 cm³/mol. The van der Waals surface area contributed by atoms with E-state index in [2.05, 4.69) is 10.3 Å². The fraction of sp³-hybridized carbons (Fsp3) is 0.143. The number of rotatable bonds is 4. The first-order valence-electron chi connectivity index (χ1n) is 6.08. The van der Waals surface area contributed by atoms with Gasteiger partial charge in [0.25, 0.3) is 0 Å². The second-order valence-corrected chi connectivity index (χ2v) is 5.22. The number of hydrogen-bond acceptors (Lipinski definition) is 5. The van der Waals surface area contributed by atoms with E-state index in [1.807, 2.05) is 30.3 Å². The highest BCUT2D eigenvalue weighted by molar-refractivity contribution is 7.21. The number of nitrogens with one attached hydrogen (secondary N) is 1. The second kappa shape index (κ2) is 5.44. The Morgan fingerprint density at radius 3 is 2.95 bits per heavy atom. The third-order valence-electron chi connectivity index (χ3n) is 2.77. The molecule has 102 valence electrons. The van der Waals surface area contributed by atoms with Gasteiger partial charge in [-0.2, -0.15) is 0 Å². The zero-order valence-electron chi connectivity index (χ0n) is 10.5. The zero-order valence-corrected chi connectivity index (χ0v) is 11.3. The third-order valence-corrected chi connectivity index (χ3v) is 3.82. The number of aliphatic hydroxyl groups excluding tert-OH is 1. The molecule has 1 amide bonds. The molecule has 0 saturated carbocycles. The summed E-state index contributed by atoms with van der Waals surface area (Å²) >= 11 is 1.56. The number of para-hydroxylation sites is 1. The molecule has 0 saturated heterocycles. The number of hydrogen-bond donors (Lipinski definition) is 2. The van der Waals surface area contributed by atoms with E-state index in [1.165, 1.54) is 0 Å². The van der Waals surface area contributed by atoms with Crippen LogP contribution in [-0.2, 0) is 11.3 Å². The molecule has 5 nitrogen and oxygen atoms in total. The molecule has 6 heteroatoms. The molecule has 3 aromatic rings. The van der Waals surface area contributed by atoms with Crippen molar-refractivity contribution in [2.45, 2.75) is 6.54 Å². The molecular weight excluding hydrogens is 276 g/mol. The molecule has 0 aliphatic carbocycles. The molecule has 0 aliphatic rings. The number of benzene rings is 1. The van der Waals surface area contributed by atoms with E-state index in [9.17, 15) is 4.79 Å². The highest BCUT2D eigenvalue weighted by Gasteiger charge is 2.10. The molecule has 0 spiro atoms. The van der Waals surface area contributed by atoms with Crippen molar-refractivity contribution in [3.05, 3.63) is 42.2 Å². The van der Waals surface area contributed by atoms with Crippen molar-refractivity contribution in [3.8, 4) is 10.8 Å². The maximum absolute atomic E-state index is 11.0. The van der Waals surface area contributed by atoms with Gasteiger partial charge in [0.05, 0.1) is 16.8 Å². The zero-order chi connectivity index (χ0) is 13.9. The van der Waals surface area contributed by atoms with Crippen LogP contribution >= 0.6 is 11.3 Å². The number of carbonyl (C=O) groups is 1. The Hall–Kier alpha value is -2.18. The predicted octanol–water partition coefficient (Wildman–Crippen LogP) is 2.16. The normalized spacial score (nSPS) is 10.8. The molecule has 3 rings (SSSR count). The van der Waals surface area contributed by atoms with Crippen molar-refractivity contribution in [2.24, 2.45) is 0 Å². The van der Waals surface area contributed by atoms with Crippen LogP contribution in [0, 0.1) is 0 Å². The Balaban J connectivity index is 1.80. The van der Waals surface area contributed by atoms with Crippen LogP contribution in [0.4, 0.5) is 0 Å². The van der Waals surface area contributed by atoms with Crippen LogP contribution in [0.5, 0.6) is 0 Å². The molecule has 0 unspecified atom stereocenters. The standard InChI is InChI=1S/C14H12N2O3S/c17-8-13(18)15-7-9-5-6-11(19-9)14-16-10-3-1-2-4-12(10)20-14/h1-6,17H,7-8H2,(H,15,18). The van der Waals surface area contributed by atoms with Crippen molar-refractivity contribution in [2.75, 3.05) is 6.61 Å². The summed E-state index contributed by atoms with van der Waals surface area (Å²) in [7, 11) is 0. The van der Waals surface area contributed by atoms with Crippen molar-refractivity contribution in [3.63, 3.8) is 0 Å². The Bertz CT molecular complexity index is 715. The summed E-state index contributed by atoms with van der Waals surface area (Å²) in [5.41, 5.74) is 0.944. The van der Waals surface area contributed by atoms with Gasteiger partial charge in [-0.05, 0) is 24.3 Å². The second-order valence-electron chi connectivity index (χ2n) is 4.19. The van der Waals surface area contributed by atoms with E-state index in [-0.39, 0.29) is 6.54 Å². The number of aromatic nitrogens is 1. The number of fused-ring (bicyclic) bond motifs is 1. The molecular formula is C14H12N2O3S. The van der Waals surface area contributed by atoms with Gasteiger partial charge in [-0.1, -0.05) is 12.1 Å². The van der Waals surface area contributed by atoms with Crippen LogP contribution in [0.3, 0.4) is 0 Å². The summed E-state index contributed by atoms with van der Waals surface area (Å²) in [4.78, 5) is 15.5. The van der Waals surface area contributed by atoms with E-state index in [0.717, 1.165) is 15.2 Å². The first kappa shape index (κ1) is 12.8. The maximum atomic E-state index is 11.0. The molecule has 0 fully saturated rings. The summed E-state index contributed by atoms with van der Waals surface area (Å²) < 4.78 is 6.75. The largest absolute Gasteiger partial charge is 0.457 e. The van der Waals surface area contributed by atoms with Gasteiger partial charge in [0, 0.05) is 0 Å². The van der Waals surface area contributed by atoms with Crippen molar-refractivity contribution >= 4 is 27.5 Å². The Morgan fingerprint density at radius 2 is 2.15 bits per heavy atom. The van der Waals surface area contributed by atoms with Crippen LogP contribution in [0.1, 0.15) is 5.76 Å². The minimum atomic E-state index is -0.522. The van der Waals surface area contributed by atoms with Crippen LogP contribution in [-0.4, -0.2) is 22.6 Å². The molecule has 20 heavy (non-hydrogen) atoms. The number of aliphatic hydroxyl groups is 1. The summed E-state index contributed by atoms with van der Waals surface area (Å²) in [6, 6.07) is 11.5. The van der Waals surface area contributed by atoms with Gasteiger partial charge in [-0.15, -0.1) is 11.3 Å². The quantitative estimate of drug-likeness (QED) is 0.771. The Morgan fingerprint density at radius 1 is 1.30 bits per heavy atom. The first-order chi connectivity index (χ1) is 9.76.